The van der Waals surface area contributed by atoms with Crippen LogP contribution in [0.4, 0.5) is 19.0 Å². The minimum atomic E-state index is -4.71. The zero-order valence-corrected chi connectivity index (χ0v) is 18.3. The summed E-state index contributed by atoms with van der Waals surface area (Å²) in [5, 5.41) is 0. The minimum Gasteiger partial charge on any atom is -0.406 e. The van der Waals surface area contributed by atoms with Gasteiger partial charge in [-0.1, -0.05) is 55.8 Å². The molecule has 5 nitrogen and oxygen atoms in total. The van der Waals surface area contributed by atoms with Gasteiger partial charge in [-0.3, -0.25) is 0 Å². The van der Waals surface area contributed by atoms with Crippen LogP contribution in [0.5, 0.6) is 5.75 Å². The third-order valence-electron chi connectivity index (χ3n) is 5.38. The highest BCUT2D eigenvalue weighted by atomic mass is 19.4. The van der Waals surface area contributed by atoms with Gasteiger partial charge in [0.05, 0.1) is 5.52 Å². The number of hydrogen-bond donors (Lipinski definition) is 1. The van der Waals surface area contributed by atoms with E-state index in [1.807, 2.05) is 24.3 Å². The monoisotopic (exact) mass is 454 g/mol. The van der Waals surface area contributed by atoms with Gasteiger partial charge in [0, 0.05) is 25.1 Å². The lowest BCUT2D eigenvalue weighted by Gasteiger charge is -2.11. The van der Waals surface area contributed by atoms with E-state index in [1.165, 1.54) is 12.1 Å². The molecule has 2 N–H and O–H groups in total. The first-order valence-corrected chi connectivity index (χ1v) is 10.9. The molecular weight excluding hydrogens is 429 g/mol. The Balaban J connectivity index is 1.66. The summed E-state index contributed by atoms with van der Waals surface area (Å²) < 4.78 is 43.3. The molecule has 0 aliphatic heterocycles. The number of aryl methyl sites for hydroxylation is 1. The normalized spacial score (nSPS) is 11.8. The molecule has 4 aromatic rings. The van der Waals surface area contributed by atoms with E-state index in [0.29, 0.717) is 24.3 Å². The highest BCUT2D eigenvalue weighted by Gasteiger charge is 2.31. The third kappa shape index (κ3) is 5.63. The first kappa shape index (κ1) is 22.6. The standard InChI is InChI=1S/C25H25F3N4O/c1-2-3-9-22-31-23-21(32(22)16-18-7-5-4-6-8-18)15-19(30-24(23)29)14-17-10-12-20(13-11-17)33-25(26,27)28/h4-8,10-13,15H,2-3,9,14,16H2,1H3,(H2,29,30). The second-order valence-corrected chi connectivity index (χ2v) is 7.94. The molecule has 2 aromatic heterocycles. The van der Waals surface area contributed by atoms with Crippen molar-refractivity contribution >= 4 is 16.9 Å². The number of fused-ring (bicyclic) bond motifs is 1. The van der Waals surface area contributed by atoms with Crippen molar-refractivity contribution in [3.05, 3.63) is 83.3 Å². The van der Waals surface area contributed by atoms with Crippen molar-refractivity contribution < 1.29 is 17.9 Å². The molecule has 2 heterocycles. The predicted molar refractivity (Wildman–Crippen MR) is 122 cm³/mol. The average Bonchev–Trinajstić information content (AvgIpc) is 3.11. The summed E-state index contributed by atoms with van der Waals surface area (Å²) in [5.41, 5.74) is 10.5. The van der Waals surface area contributed by atoms with E-state index in [-0.39, 0.29) is 5.75 Å². The van der Waals surface area contributed by atoms with Crippen LogP contribution in [-0.2, 0) is 19.4 Å². The van der Waals surface area contributed by atoms with Gasteiger partial charge >= 0.3 is 6.36 Å². The average molecular weight is 454 g/mol. The third-order valence-corrected chi connectivity index (χ3v) is 5.38. The van der Waals surface area contributed by atoms with E-state index in [1.54, 1.807) is 12.1 Å². The summed E-state index contributed by atoms with van der Waals surface area (Å²) in [6.07, 6.45) is -1.37. The number of hydrogen-bond acceptors (Lipinski definition) is 4. The van der Waals surface area contributed by atoms with Gasteiger partial charge in [-0.05, 0) is 35.7 Å². The quantitative estimate of drug-likeness (QED) is 0.360. The molecule has 0 amide bonds. The van der Waals surface area contributed by atoms with Crippen LogP contribution in [0.2, 0.25) is 0 Å². The van der Waals surface area contributed by atoms with Gasteiger partial charge in [0.1, 0.15) is 17.1 Å². The van der Waals surface area contributed by atoms with Crippen molar-refractivity contribution in [1.29, 1.82) is 0 Å². The van der Waals surface area contributed by atoms with Gasteiger partial charge in [-0.2, -0.15) is 0 Å². The number of rotatable bonds is 8. The van der Waals surface area contributed by atoms with Gasteiger partial charge in [0.2, 0.25) is 0 Å². The molecule has 172 valence electrons. The van der Waals surface area contributed by atoms with Crippen LogP contribution < -0.4 is 10.5 Å². The molecule has 0 radical (unpaired) electrons. The Morgan fingerprint density at radius 2 is 1.70 bits per heavy atom. The molecule has 0 spiro atoms. The van der Waals surface area contributed by atoms with Gasteiger partial charge in [0.25, 0.3) is 0 Å². The summed E-state index contributed by atoms with van der Waals surface area (Å²) in [6.45, 7) is 2.81. The Labute approximate surface area is 190 Å². The van der Waals surface area contributed by atoms with Gasteiger partial charge in [-0.15, -0.1) is 13.2 Å². The van der Waals surface area contributed by atoms with Crippen LogP contribution in [0.3, 0.4) is 0 Å². The Morgan fingerprint density at radius 3 is 2.36 bits per heavy atom. The second-order valence-electron chi connectivity index (χ2n) is 7.94. The number of aromatic nitrogens is 3. The van der Waals surface area contributed by atoms with E-state index in [2.05, 4.69) is 33.3 Å². The van der Waals surface area contributed by atoms with Crippen LogP contribution >= 0.6 is 0 Å². The van der Waals surface area contributed by atoms with E-state index < -0.39 is 6.36 Å². The number of benzene rings is 2. The lowest BCUT2D eigenvalue weighted by molar-refractivity contribution is -0.274. The largest absolute Gasteiger partial charge is 0.573 e. The molecule has 0 saturated carbocycles. The molecule has 8 heteroatoms. The van der Waals surface area contributed by atoms with Crippen LogP contribution in [0.25, 0.3) is 11.0 Å². The van der Waals surface area contributed by atoms with Crippen LogP contribution in [0.15, 0.2) is 60.7 Å². The molecule has 2 aromatic carbocycles. The fourth-order valence-corrected chi connectivity index (χ4v) is 3.82. The zero-order valence-electron chi connectivity index (χ0n) is 18.3. The Kier molecular flexibility index (Phi) is 6.53. The number of nitrogens with zero attached hydrogens (tertiary/aromatic N) is 3. The van der Waals surface area contributed by atoms with Crippen molar-refractivity contribution in [3.8, 4) is 5.75 Å². The Bertz CT molecular complexity index is 1220. The number of nitrogens with two attached hydrogens (primary N) is 1. The van der Waals surface area contributed by atoms with E-state index in [9.17, 15) is 13.2 Å². The van der Waals surface area contributed by atoms with Crippen LogP contribution in [-0.4, -0.2) is 20.9 Å². The first-order valence-electron chi connectivity index (χ1n) is 10.9. The molecule has 33 heavy (non-hydrogen) atoms. The van der Waals surface area contributed by atoms with Crippen molar-refractivity contribution in [2.45, 2.75) is 45.5 Å². The molecule has 0 unspecified atom stereocenters. The van der Waals surface area contributed by atoms with Crippen molar-refractivity contribution in [2.75, 3.05) is 5.73 Å². The number of pyridine rings is 1. The molecule has 0 atom stereocenters. The lowest BCUT2D eigenvalue weighted by Crippen LogP contribution is -2.17. The predicted octanol–water partition coefficient (Wildman–Crippen LogP) is 5.89. The number of nitrogen functional groups attached to an aromatic ring is 1. The minimum absolute atomic E-state index is 0.254. The van der Waals surface area contributed by atoms with Gasteiger partial charge < -0.3 is 15.0 Å². The second kappa shape index (κ2) is 9.52. The molecular formula is C25H25F3N4O. The maximum Gasteiger partial charge on any atom is 0.573 e. The highest BCUT2D eigenvalue weighted by Crippen LogP contribution is 2.26. The maximum atomic E-state index is 12.4. The SMILES string of the molecule is CCCCc1nc2c(N)nc(Cc3ccc(OC(F)(F)F)cc3)cc2n1Cc1ccccc1. The summed E-state index contributed by atoms with van der Waals surface area (Å²) in [6, 6.07) is 17.9. The summed E-state index contributed by atoms with van der Waals surface area (Å²) in [7, 11) is 0. The molecule has 0 fully saturated rings. The van der Waals surface area contributed by atoms with Crippen molar-refractivity contribution in [1.82, 2.24) is 14.5 Å². The van der Waals surface area contributed by atoms with Crippen molar-refractivity contribution in [2.24, 2.45) is 0 Å². The smallest absolute Gasteiger partial charge is 0.406 e. The maximum absolute atomic E-state index is 12.4. The fraction of sp³-hybridized carbons (Fsp3) is 0.280. The fourth-order valence-electron chi connectivity index (χ4n) is 3.82. The van der Waals surface area contributed by atoms with E-state index in [0.717, 1.165) is 47.4 Å². The van der Waals surface area contributed by atoms with Gasteiger partial charge in [0.15, 0.2) is 5.82 Å². The summed E-state index contributed by atoms with van der Waals surface area (Å²) >= 11 is 0. The number of halogens is 3. The highest BCUT2D eigenvalue weighted by molar-refractivity contribution is 5.86. The lowest BCUT2D eigenvalue weighted by atomic mass is 10.1. The number of anilines is 1. The van der Waals surface area contributed by atoms with Crippen molar-refractivity contribution in [3.63, 3.8) is 0 Å². The van der Waals surface area contributed by atoms with Crippen LogP contribution in [0, 0.1) is 0 Å². The summed E-state index contributed by atoms with van der Waals surface area (Å²) in [5.74, 6) is 1.06. The van der Waals surface area contributed by atoms with E-state index in [4.69, 9.17) is 10.7 Å². The number of unbranched alkanes of at least 4 members (excludes halogenated alkanes) is 1. The molecule has 0 bridgehead atoms. The van der Waals surface area contributed by atoms with E-state index >= 15 is 0 Å². The number of imidazole rings is 1. The van der Waals surface area contributed by atoms with Gasteiger partial charge in [-0.25, -0.2) is 9.97 Å². The summed E-state index contributed by atoms with van der Waals surface area (Å²) in [4.78, 5) is 9.30. The molecule has 0 saturated heterocycles. The zero-order chi connectivity index (χ0) is 23.4. The molecule has 0 aliphatic carbocycles. The molecule has 0 aliphatic rings. The first-order chi connectivity index (χ1) is 15.8. The topological polar surface area (TPSA) is 66.0 Å². The van der Waals surface area contributed by atoms with Crippen LogP contribution in [0.1, 0.15) is 42.4 Å². The Hall–Kier alpha value is -3.55. The molecule has 4 rings (SSSR count). The Morgan fingerprint density at radius 1 is 0.970 bits per heavy atom. The number of alkyl halides is 3. The number of ether oxygens (including phenoxy) is 1.